The number of amides is 2. The fourth-order valence-electron chi connectivity index (χ4n) is 2.84. The molecule has 0 bridgehead atoms. The van der Waals surface area contributed by atoms with E-state index < -0.39 is 5.60 Å². The lowest BCUT2D eigenvalue weighted by atomic mass is 10.1. The zero-order chi connectivity index (χ0) is 17.5. The summed E-state index contributed by atoms with van der Waals surface area (Å²) in [4.78, 5) is 28.1. The highest BCUT2D eigenvalue weighted by Crippen LogP contribution is 2.16. The van der Waals surface area contributed by atoms with Crippen LogP contribution in [0.25, 0.3) is 0 Å². The van der Waals surface area contributed by atoms with Crippen LogP contribution in [0.1, 0.15) is 73.1 Å². The maximum atomic E-state index is 12.3. The molecule has 1 aliphatic heterocycles. The maximum Gasteiger partial charge on any atom is 0.410 e. The topological polar surface area (TPSA) is 49.9 Å². The van der Waals surface area contributed by atoms with Crippen molar-refractivity contribution in [3.05, 3.63) is 0 Å². The summed E-state index contributed by atoms with van der Waals surface area (Å²) in [6.07, 6.45) is 6.13. The summed E-state index contributed by atoms with van der Waals surface area (Å²) >= 11 is 0. The smallest absolute Gasteiger partial charge is 0.410 e. The zero-order valence-corrected chi connectivity index (χ0v) is 15.6. The molecule has 1 unspecified atom stereocenters. The molecule has 5 heteroatoms. The van der Waals surface area contributed by atoms with Crippen LogP contribution in [-0.4, -0.2) is 53.1 Å². The number of ether oxygens (including phenoxy) is 1. The molecule has 0 radical (unpaired) electrons. The minimum absolute atomic E-state index is 0.0550. The summed E-state index contributed by atoms with van der Waals surface area (Å²) in [5.74, 6) is 0.220. The molecule has 1 fully saturated rings. The number of piperazine rings is 1. The summed E-state index contributed by atoms with van der Waals surface area (Å²) in [6.45, 7) is 11.5. The Balaban J connectivity index is 2.37. The first kappa shape index (κ1) is 19.8. The summed E-state index contributed by atoms with van der Waals surface area (Å²) in [7, 11) is 0. The lowest BCUT2D eigenvalue weighted by Crippen LogP contribution is -2.56. The first-order chi connectivity index (χ1) is 10.7. The van der Waals surface area contributed by atoms with Gasteiger partial charge in [-0.2, -0.15) is 0 Å². The molecule has 23 heavy (non-hydrogen) atoms. The molecule has 1 heterocycles. The molecular weight excluding hydrogens is 292 g/mol. The third kappa shape index (κ3) is 7.23. The largest absolute Gasteiger partial charge is 0.444 e. The van der Waals surface area contributed by atoms with Gasteiger partial charge in [-0.25, -0.2) is 4.79 Å². The summed E-state index contributed by atoms with van der Waals surface area (Å²) in [5.41, 5.74) is -0.480. The molecule has 0 aromatic heterocycles. The van der Waals surface area contributed by atoms with E-state index in [-0.39, 0.29) is 18.0 Å². The second kappa shape index (κ2) is 9.14. The predicted octanol–water partition coefficient (Wildman–Crippen LogP) is 3.81. The van der Waals surface area contributed by atoms with E-state index in [1.165, 1.54) is 19.3 Å². The van der Waals surface area contributed by atoms with Gasteiger partial charge in [0.15, 0.2) is 0 Å². The molecule has 0 aromatic rings. The van der Waals surface area contributed by atoms with Gasteiger partial charge in [0.05, 0.1) is 0 Å². The molecular formula is C18H34N2O3. The van der Waals surface area contributed by atoms with Crippen molar-refractivity contribution in [1.82, 2.24) is 9.80 Å². The summed E-state index contributed by atoms with van der Waals surface area (Å²) in [5, 5.41) is 0. The molecule has 0 aromatic carbocycles. The number of carbonyl (C=O) groups excluding carboxylic acids is 2. The molecule has 0 spiro atoms. The average Bonchev–Trinajstić information content (AvgIpc) is 2.44. The molecule has 1 atom stereocenters. The minimum atomic E-state index is -0.480. The number of carbonyl (C=O) groups is 2. The van der Waals surface area contributed by atoms with Crippen molar-refractivity contribution in [2.24, 2.45) is 0 Å². The lowest BCUT2D eigenvalue weighted by molar-refractivity contribution is -0.135. The zero-order valence-electron chi connectivity index (χ0n) is 15.6. The Morgan fingerprint density at radius 2 is 1.74 bits per heavy atom. The SMILES string of the molecule is CCCCCCCC(=O)N1CCN(C(=O)OC(C)(C)C)CC1C. The van der Waals surface area contributed by atoms with E-state index >= 15 is 0 Å². The number of hydrogen-bond acceptors (Lipinski definition) is 3. The van der Waals surface area contributed by atoms with Crippen LogP contribution in [-0.2, 0) is 9.53 Å². The molecule has 1 rings (SSSR count). The third-order valence-electron chi connectivity index (χ3n) is 4.09. The third-order valence-corrected chi connectivity index (χ3v) is 4.09. The highest BCUT2D eigenvalue weighted by molar-refractivity contribution is 5.77. The monoisotopic (exact) mass is 326 g/mol. The van der Waals surface area contributed by atoms with Gasteiger partial charge in [-0.1, -0.05) is 32.6 Å². The maximum absolute atomic E-state index is 12.3. The van der Waals surface area contributed by atoms with Gasteiger partial charge in [0.25, 0.3) is 0 Å². The molecule has 5 nitrogen and oxygen atoms in total. The normalized spacial score (nSPS) is 18.9. The molecule has 0 saturated carbocycles. The quantitative estimate of drug-likeness (QED) is 0.697. The summed E-state index contributed by atoms with van der Waals surface area (Å²) < 4.78 is 5.41. The van der Waals surface area contributed by atoms with E-state index in [9.17, 15) is 9.59 Å². The van der Waals surface area contributed by atoms with Gasteiger partial charge in [0.1, 0.15) is 5.60 Å². The van der Waals surface area contributed by atoms with Gasteiger partial charge in [-0.3, -0.25) is 4.79 Å². The van der Waals surface area contributed by atoms with Crippen LogP contribution < -0.4 is 0 Å². The molecule has 134 valence electrons. The van der Waals surface area contributed by atoms with Crippen LogP contribution in [0.2, 0.25) is 0 Å². The van der Waals surface area contributed by atoms with Gasteiger partial charge in [0.2, 0.25) is 5.91 Å². The van der Waals surface area contributed by atoms with Crippen molar-refractivity contribution in [2.75, 3.05) is 19.6 Å². The van der Waals surface area contributed by atoms with Crippen LogP contribution >= 0.6 is 0 Å². The fraction of sp³-hybridized carbons (Fsp3) is 0.889. The van der Waals surface area contributed by atoms with Crippen LogP contribution in [0.3, 0.4) is 0 Å². The average molecular weight is 326 g/mol. The Kier molecular flexibility index (Phi) is 7.86. The Morgan fingerprint density at radius 1 is 1.09 bits per heavy atom. The van der Waals surface area contributed by atoms with Gasteiger partial charge < -0.3 is 14.5 Å². The van der Waals surface area contributed by atoms with Crippen LogP contribution in [0.15, 0.2) is 0 Å². The predicted molar refractivity (Wildman–Crippen MR) is 92.4 cm³/mol. The fourth-order valence-corrected chi connectivity index (χ4v) is 2.84. The van der Waals surface area contributed by atoms with Crippen LogP contribution in [0.4, 0.5) is 4.79 Å². The second-order valence-electron chi connectivity index (χ2n) is 7.53. The van der Waals surface area contributed by atoms with E-state index in [2.05, 4.69) is 6.92 Å². The molecule has 1 aliphatic rings. The van der Waals surface area contributed by atoms with Crippen molar-refractivity contribution in [3.8, 4) is 0 Å². The first-order valence-corrected chi connectivity index (χ1v) is 9.02. The Labute approximate surface area is 141 Å². The first-order valence-electron chi connectivity index (χ1n) is 9.02. The highest BCUT2D eigenvalue weighted by atomic mass is 16.6. The van der Waals surface area contributed by atoms with Crippen molar-refractivity contribution in [1.29, 1.82) is 0 Å². The van der Waals surface area contributed by atoms with E-state index in [4.69, 9.17) is 4.74 Å². The van der Waals surface area contributed by atoms with Crippen LogP contribution in [0.5, 0.6) is 0 Å². The van der Waals surface area contributed by atoms with Crippen molar-refractivity contribution >= 4 is 12.0 Å². The molecule has 2 amide bonds. The van der Waals surface area contributed by atoms with Gasteiger partial charge >= 0.3 is 6.09 Å². The Morgan fingerprint density at radius 3 is 2.30 bits per heavy atom. The van der Waals surface area contributed by atoms with Gasteiger partial charge in [-0.05, 0) is 34.1 Å². The van der Waals surface area contributed by atoms with Gasteiger partial charge in [-0.15, -0.1) is 0 Å². The Hall–Kier alpha value is -1.26. The number of nitrogens with zero attached hydrogens (tertiary/aromatic N) is 2. The highest BCUT2D eigenvalue weighted by Gasteiger charge is 2.31. The van der Waals surface area contributed by atoms with Crippen molar-refractivity contribution < 1.29 is 14.3 Å². The van der Waals surface area contributed by atoms with Crippen LogP contribution in [0, 0.1) is 0 Å². The number of unbranched alkanes of at least 4 members (excludes halogenated alkanes) is 4. The minimum Gasteiger partial charge on any atom is -0.444 e. The summed E-state index contributed by atoms with van der Waals surface area (Å²) in [6, 6.07) is 0.0550. The van der Waals surface area contributed by atoms with E-state index in [1.807, 2.05) is 32.6 Å². The number of hydrogen-bond donors (Lipinski definition) is 0. The lowest BCUT2D eigenvalue weighted by Gasteiger charge is -2.40. The van der Waals surface area contributed by atoms with Crippen molar-refractivity contribution in [2.45, 2.75) is 84.8 Å². The molecule has 1 saturated heterocycles. The van der Waals surface area contributed by atoms with E-state index in [1.54, 1.807) is 4.90 Å². The number of rotatable bonds is 6. The van der Waals surface area contributed by atoms with Gasteiger partial charge in [0, 0.05) is 32.1 Å². The van der Waals surface area contributed by atoms with E-state index in [0.717, 1.165) is 12.8 Å². The standard InChI is InChI=1S/C18H34N2O3/c1-6-7-8-9-10-11-16(21)20-13-12-19(14-15(20)2)17(22)23-18(3,4)5/h15H,6-14H2,1-5H3. The second-order valence-corrected chi connectivity index (χ2v) is 7.53. The Bertz CT molecular complexity index is 390. The molecule has 0 aliphatic carbocycles. The van der Waals surface area contributed by atoms with E-state index in [0.29, 0.717) is 26.1 Å². The molecule has 0 N–H and O–H groups in total. The van der Waals surface area contributed by atoms with Crippen molar-refractivity contribution in [3.63, 3.8) is 0 Å².